The number of fused-ring (bicyclic) bond motifs is 2. The van der Waals surface area contributed by atoms with Gasteiger partial charge in [0.2, 0.25) is 5.91 Å². The highest BCUT2D eigenvalue weighted by Crippen LogP contribution is 2.36. The van der Waals surface area contributed by atoms with Crippen LogP contribution in [0.3, 0.4) is 0 Å². The third kappa shape index (κ3) is 6.79. The summed E-state index contributed by atoms with van der Waals surface area (Å²) in [6, 6.07) is 14.9. The monoisotopic (exact) mass is 635 g/mol. The van der Waals surface area contributed by atoms with E-state index in [-0.39, 0.29) is 36.8 Å². The number of benzene rings is 2. The van der Waals surface area contributed by atoms with Crippen molar-refractivity contribution >= 4 is 40.2 Å². The molecule has 11 heteroatoms. The van der Waals surface area contributed by atoms with Gasteiger partial charge in [0.15, 0.2) is 0 Å². The Kier molecular flexibility index (Phi) is 9.68. The van der Waals surface area contributed by atoms with Gasteiger partial charge in [0.25, 0.3) is 0 Å². The van der Waals surface area contributed by atoms with Crippen molar-refractivity contribution in [2.75, 3.05) is 55.7 Å². The van der Waals surface area contributed by atoms with E-state index in [2.05, 4.69) is 64.3 Å². The Bertz CT molecular complexity index is 1710. The highest BCUT2D eigenvalue weighted by Gasteiger charge is 2.34. The van der Waals surface area contributed by atoms with E-state index in [0.717, 1.165) is 71.5 Å². The number of rotatable bonds is 11. The predicted octanol–water partition coefficient (Wildman–Crippen LogP) is 4.27. The number of nitriles is 1. The Hall–Kier alpha value is -4.95. The summed E-state index contributed by atoms with van der Waals surface area (Å²) in [6.07, 6.45) is 6.14. The van der Waals surface area contributed by atoms with E-state index in [1.807, 2.05) is 12.1 Å². The molecule has 0 radical (unpaired) electrons. The van der Waals surface area contributed by atoms with Crippen molar-refractivity contribution in [1.82, 2.24) is 19.8 Å². The van der Waals surface area contributed by atoms with Crippen LogP contribution in [0.25, 0.3) is 16.8 Å². The average Bonchev–Trinajstić information content (AvgIpc) is 3.55. The summed E-state index contributed by atoms with van der Waals surface area (Å²) >= 11 is 0. The molecule has 0 saturated carbocycles. The van der Waals surface area contributed by atoms with Crippen LogP contribution >= 0.6 is 0 Å². The van der Waals surface area contributed by atoms with Crippen molar-refractivity contribution in [3.63, 3.8) is 0 Å². The largest absolute Gasteiger partial charge is 0.481 e. The first kappa shape index (κ1) is 32.0. The molecular formula is C36H41N7O4. The molecule has 6 rings (SSSR count). The summed E-state index contributed by atoms with van der Waals surface area (Å²) in [6.45, 7) is 12.2. The maximum atomic E-state index is 12.6. The number of hydrogen-bond acceptors (Lipinski definition) is 9. The zero-order chi connectivity index (χ0) is 32.9. The molecule has 3 aliphatic heterocycles. The number of carboxylic acid groups (broad SMARTS) is 1. The van der Waals surface area contributed by atoms with Crippen LogP contribution in [0.5, 0.6) is 6.01 Å². The average molecular weight is 636 g/mol. The van der Waals surface area contributed by atoms with Crippen molar-refractivity contribution in [2.45, 2.75) is 50.7 Å². The Morgan fingerprint density at radius 2 is 1.89 bits per heavy atom. The molecule has 2 saturated heterocycles. The van der Waals surface area contributed by atoms with E-state index in [9.17, 15) is 20.0 Å². The second kappa shape index (κ2) is 14.2. The van der Waals surface area contributed by atoms with E-state index in [0.29, 0.717) is 39.3 Å². The molecule has 4 heterocycles. The number of hydrogen-bond donors (Lipinski definition) is 1. The van der Waals surface area contributed by atoms with Crippen molar-refractivity contribution in [1.29, 1.82) is 5.26 Å². The summed E-state index contributed by atoms with van der Waals surface area (Å²) in [5.74, 6) is -0.191. The highest BCUT2D eigenvalue weighted by atomic mass is 16.5. The number of carboxylic acids is 1. The molecule has 11 nitrogen and oxygen atoms in total. The normalized spacial score (nSPS) is 19.7. The first-order chi connectivity index (χ1) is 22.9. The minimum Gasteiger partial charge on any atom is -0.481 e. The molecule has 0 bridgehead atoms. The second-order valence-corrected chi connectivity index (χ2v) is 12.3. The zero-order valence-corrected chi connectivity index (χ0v) is 26.7. The molecule has 0 unspecified atom stereocenters. The first-order valence-corrected chi connectivity index (χ1v) is 16.3. The molecule has 244 valence electrons. The topological polar surface area (TPSA) is 126 Å². The molecule has 0 aliphatic carbocycles. The fraction of sp³-hybridized carbons (Fsp3) is 0.417. The lowest BCUT2D eigenvalue weighted by Gasteiger charge is -2.42. The zero-order valence-electron chi connectivity index (χ0n) is 26.7. The molecule has 1 aromatic heterocycles. The lowest BCUT2D eigenvalue weighted by molar-refractivity contribution is -0.137. The number of likely N-dealkylation sites (tertiary alicyclic amines) is 1. The molecule has 3 aromatic rings. The summed E-state index contributed by atoms with van der Waals surface area (Å²) in [4.78, 5) is 42.2. The lowest BCUT2D eigenvalue weighted by atomic mass is 9.99. The van der Waals surface area contributed by atoms with E-state index in [4.69, 9.17) is 14.7 Å². The number of carbonyl (C=O) groups excluding carboxylic acids is 1. The van der Waals surface area contributed by atoms with Gasteiger partial charge in [-0.1, -0.05) is 49.6 Å². The van der Waals surface area contributed by atoms with Crippen LogP contribution < -0.4 is 14.5 Å². The molecule has 2 fully saturated rings. The third-order valence-electron chi connectivity index (χ3n) is 9.58. The van der Waals surface area contributed by atoms with E-state index < -0.39 is 5.97 Å². The summed E-state index contributed by atoms with van der Waals surface area (Å²) in [5.41, 5.74) is 4.15. The molecule has 1 amide bonds. The number of nitrogens with zero attached hydrogens (tertiary/aromatic N) is 7. The molecular weight excluding hydrogens is 594 g/mol. The fourth-order valence-electron chi connectivity index (χ4n) is 7.23. The minimum atomic E-state index is -0.806. The van der Waals surface area contributed by atoms with Crippen LogP contribution in [0.15, 0.2) is 55.6 Å². The summed E-state index contributed by atoms with van der Waals surface area (Å²) < 4.78 is 6.32. The van der Waals surface area contributed by atoms with Crippen LogP contribution in [0.1, 0.15) is 42.5 Å². The second-order valence-electron chi connectivity index (χ2n) is 12.3. The van der Waals surface area contributed by atoms with E-state index in [1.54, 1.807) is 4.90 Å². The Morgan fingerprint density at radius 1 is 1.06 bits per heavy atom. The molecule has 1 N–H and O–H groups in total. The SMILES string of the molecule is C=CC(=O)N1CCN(c2nc(OC[C@@H]3CCCN3CCC(=O)O)nc3c2CCN(c2cccc4cccc(C=C)c24)C3)C[C@@H]1CC#N. The molecule has 47 heavy (non-hydrogen) atoms. The van der Waals surface area contributed by atoms with Gasteiger partial charge in [-0.2, -0.15) is 15.2 Å². The summed E-state index contributed by atoms with van der Waals surface area (Å²) in [7, 11) is 0. The quantitative estimate of drug-likeness (QED) is 0.305. The highest BCUT2D eigenvalue weighted by molar-refractivity contribution is 6.00. The van der Waals surface area contributed by atoms with Crippen LogP contribution in [0.2, 0.25) is 0 Å². The molecule has 0 spiro atoms. The predicted molar refractivity (Wildman–Crippen MR) is 181 cm³/mol. The minimum absolute atomic E-state index is 0.0930. The van der Waals surface area contributed by atoms with Gasteiger partial charge in [-0.15, -0.1) is 0 Å². The Morgan fingerprint density at radius 3 is 2.66 bits per heavy atom. The van der Waals surface area contributed by atoms with Crippen LogP contribution in [0.4, 0.5) is 11.5 Å². The van der Waals surface area contributed by atoms with E-state index in [1.165, 1.54) is 6.08 Å². The van der Waals surface area contributed by atoms with Gasteiger partial charge < -0.3 is 24.5 Å². The smallest absolute Gasteiger partial charge is 0.318 e. The lowest BCUT2D eigenvalue weighted by Crippen LogP contribution is -2.55. The molecule has 3 aliphatic rings. The Balaban J connectivity index is 1.32. The number of anilines is 2. The van der Waals surface area contributed by atoms with Crippen molar-refractivity contribution in [3.8, 4) is 12.1 Å². The Labute approximate surface area is 275 Å². The van der Waals surface area contributed by atoms with Crippen molar-refractivity contribution in [3.05, 3.63) is 72.5 Å². The van der Waals surface area contributed by atoms with Crippen LogP contribution in [0, 0.1) is 11.3 Å². The first-order valence-electron chi connectivity index (χ1n) is 16.3. The van der Waals surface area contributed by atoms with Gasteiger partial charge in [0.1, 0.15) is 12.4 Å². The van der Waals surface area contributed by atoms with Crippen LogP contribution in [-0.4, -0.2) is 94.7 Å². The fourth-order valence-corrected chi connectivity index (χ4v) is 7.23. The number of aliphatic carboxylic acids is 1. The summed E-state index contributed by atoms with van der Waals surface area (Å²) in [5, 5.41) is 21.1. The van der Waals surface area contributed by atoms with Crippen molar-refractivity contribution in [2.24, 2.45) is 0 Å². The number of aromatic nitrogens is 2. The van der Waals surface area contributed by atoms with Gasteiger partial charge >= 0.3 is 12.0 Å². The van der Waals surface area contributed by atoms with Gasteiger partial charge in [0.05, 0.1) is 37.2 Å². The molecule has 2 aromatic carbocycles. The number of piperazine rings is 1. The van der Waals surface area contributed by atoms with E-state index >= 15 is 0 Å². The number of amides is 1. The van der Waals surface area contributed by atoms with Crippen LogP contribution in [-0.2, 0) is 22.6 Å². The molecule has 2 atom stereocenters. The van der Waals surface area contributed by atoms with Gasteiger partial charge in [-0.05, 0) is 48.9 Å². The van der Waals surface area contributed by atoms with Gasteiger partial charge in [0, 0.05) is 55.4 Å². The maximum Gasteiger partial charge on any atom is 0.318 e. The number of carbonyl (C=O) groups is 2. The number of ether oxygens (including phenoxy) is 1. The maximum absolute atomic E-state index is 12.6. The van der Waals surface area contributed by atoms with Gasteiger partial charge in [-0.25, -0.2) is 0 Å². The van der Waals surface area contributed by atoms with Crippen molar-refractivity contribution < 1.29 is 19.4 Å². The standard InChI is InChI=1S/C36H41N7O4/c1-3-25-8-5-9-26-10-6-12-31(34(25)26)41-18-14-29-30(23-41)38-36(47-24-28-11-7-17-40(28)19-15-33(45)46)39-35(29)42-20-21-43(32(44)4-2)27(22-42)13-16-37/h3-6,8-10,12,27-28H,1-2,7,11,13-15,17-24H2,(H,45,46)/t27-,28-/m0/s1. The van der Waals surface area contributed by atoms with Gasteiger partial charge in [-0.3, -0.25) is 14.5 Å². The third-order valence-corrected chi connectivity index (χ3v) is 9.58.